The maximum atomic E-state index is 14.0. The van der Waals surface area contributed by atoms with Crippen LogP contribution in [0.25, 0.3) is 10.8 Å². The standard InChI is InChI=1S/C33H32F3N7O/c1-21-7-8-23(17-22(21)9-10-24-19-39-30(41-32(37)38)28-6-4-3-5-27(24)28)31(44)40-26-12-11-25(29(18-26)33(34,35)36)20-43-15-13-42(2)14-16-43/h3-8,11-12,17-19H,13-16,20H2,1-2H3,(H,40,44)(H4,37,38,39,41). The number of aliphatic imine (C=N–C) groups is 1. The molecule has 1 fully saturated rings. The van der Waals surface area contributed by atoms with E-state index in [4.69, 9.17) is 11.5 Å². The Morgan fingerprint density at radius 3 is 2.39 bits per heavy atom. The number of anilines is 1. The number of guanidine groups is 1. The summed E-state index contributed by atoms with van der Waals surface area (Å²) in [6.07, 6.45) is -2.98. The average Bonchev–Trinajstić information content (AvgIpc) is 2.98. The second kappa shape index (κ2) is 12.8. The Balaban J connectivity index is 1.38. The number of carbonyl (C=O) groups excluding carboxylic acids is 1. The van der Waals surface area contributed by atoms with Crippen LogP contribution in [0.4, 0.5) is 24.7 Å². The third-order valence-electron chi connectivity index (χ3n) is 7.50. The Bertz CT molecular complexity index is 1800. The van der Waals surface area contributed by atoms with Gasteiger partial charge in [-0.25, -0.2) is 4.98 Å². The molecule has 226 valence electrons. The van der Waals surface area contributed by atoms with Gasteiger partial charge in [-0.2, -0.15) is 18.2 Å². The van der Waals surface area contributed by atoms with Gasteiger partial charge >= 0.3 is 6.18 Å². The van der Waals surface area contributed by atoms with Crippen molar-refractivity contribution in [1.29, 1.82) is 0 Å². The zero-order valence-corrected chi connectivity index (χ0v) is 24.4. The number of alkyl halides is 3. The lowest BCUT2D eigenvalue weighted by atomic mass is 10.0. The molecule has 0 spiro atoms. The van der Waals surface area contributed by atoms with E-state index < -0.39 is 17.6 Å². The first-order chi connectivity index (χ1) is 21.0. The van der Waals surface area contributed by atoms with E-state index in [2.05, 4.69) is 32.0 Å². The van der Waals surface area contributed by atoms with Gasteiger partial charge in [0.2, 0.25) is 0 Å². The number of hydrogen-bond acceptors (Lipinski definition) is 5. The van der Waals surface area contributed by atoms with Gasteiger partial charge in [-0.05, 0) is 49.4 Å². The second-order valence-corrected chi connectivity index (χ2v) is 10.8. The summed E-state index contributed by atoms with van der Waals surface area (Å²) in [5.41, 5.74) is 12.9. The third-order valence-corrected chi connectivity index (χ3v) is 7.50. The number of hydrogen-bond donors (Lipinski definition) is 3. The number of halogens is 3. The van der Waals surface area contributed by atoms with Crippen molar-refractivity contribution in [2.45, 2.75) is 19.6 Å². The topological polar surface area (TPSA) is 113 Å². The number of pyridine rings is 1. The van der Waals surface area contributed by atoms with Crippen LogP contribution in [0.15, 0.2) is 71.9 Å². The minimum atomic E-state index is -4.56. The molecule has 1 aromatic heterocycles. The van der Waals surface area contributed by atoms with Crippen LogP contribution in [0.1, 0.15) is 38.2 Å². The van der Waals surface area contributed by atoms with E-state index in [1.807, 2.05) is 43.1 Å². The summed E-state index contributed by atoms with van der Waals surface area (Å²) in [6, 6.07) is 16.4. The van der Waals surface area contributed by atoms with E-state index >= 15 is 0 Å². The van der Waals surface area contributed by atoms with Crippen LogP contribution in [-0.2, 0) is 12.7 Å². The molecule has 4 aromatic rings. The van der Waals surface area contributed by atoms with Crippen LogP contribution < -0.4 is 16.8 Å². The lowest BCUT2D eigenvalue weighted by Crippen LogP contribution is -2.44. The number of carbonyl (C=O) groups is 1. The second-order valence-electron chi connectivity index (χ2n) is 10.8. The van der Waals surface area contributed by atoms with Gasteiger partial charge in [0, 0.05) is 66.5 Å². The largest absolute Gasteiger partial charge is 0.416 e. The molecule has 11 heteroatoms. The van der Waals surface area contributed by atoms with Crippen molar-refractivity contribution in [2.75, 3.05) is 38.5 Å². The highest BCUT2D eigenvalue weighted by atomic mass is 19.4. The number of piperazine rings is 1. The number of nitrogens with two attached hydrogens (primary N) is 2. The summed E-state index contributed by atoms with van der Waals surface area (Å²) < 4.78 is 42.1. The van der Waals surface area contributed by atoms with Crippen molar-refractivity contribution >= 4 is 34.1 Å². The van der Waals surface area contributed by atoms with Crippen molar-refractivity contribution in [1.82, 2.24) is 14.8 Å². The van der Waals surface area contributed by atoms with Crippen LogP contribution in [0, 0.1) is 18.8 Å². The van der Waals surface area contributed by atoms with Gasteiger partial charge in [-0.15, -0.1) is 0 Å². The molecule has 0 unspecified atom stereocenters. The first-order valence-electron chi connectivity index (χ1n) is 14.0. The highest BCUT2D eigenvalue weighted by Crippen LogP contribution is 2.35. The maximum Gasteiger partial charge on any atom is 0.416 e. The van der Waals surface area contributed by atoms with Gasteiger partial charge in [0.15, 0.2) is 11.8 Å². The molecule has 0 saturated carbocycles. The summed E-state index contributed by atoms with van der Waals surface area (Å²) in [5, 5.41) is 4.15. The summed E-state index contributed by atoms with van der Waals surface area (Å²) in [6.45, 7) is 5.05. The fraction of sp³-hybridized carbons (Fsp3) is 0.242. The molecule has 44 heavy (non-hydrogen) atoms. The van der Waals surface area contributed by atoms with Crippen LogP contribution in [0.3, 0.4) is 0 Å². The van der Waals surface area contributed by atoms with Crippen molar-refractivity contribution in [3.63, 3.8) is 0 Å². The van der Waals surface area contributed by atoms with Crippen LogP contribution in [0.2, 0.25) is 0 Å². The normalized spacial score (nSPS) is 14.1. The lowest BCUT2D eigenvalue weighted by Gasteiger charge is -2.33. The molecule has 0 aliphatic carbocycles. The van der Waals surface area contributed by atoms with E-state index in [0.29, 0.717) is 30.0 Å². The highest BCUT2D eigenvalue weighted by molar-refractivity contribution is 6.04. The number of rotatable bonds is 5. The molecule has 3 aromatic carbocycles. The molecular weight excluding hydrogens is 567 g/mol. The average molecular weight is 600 g/mol. The van der Waals surface area contributed by atoms with Crippen LogP contribution in [0.5, 0.6) is 0 Å². The van der Waals surface area contributed by atoms with E-state index in [9.17, 15) is 18.0 Å². The minimum absolute atomic E-state index is 0.0658. The first kappa shape index (κ1) is 30.5. The molecular formula is C33H32F3N7O. The molecule has 5 rings (SSSR count). The Hall–Kier alpha value is -4.92. The van der Waals surface area contributed by atoms with E-state index in [-0.39, 0.29) is 29.3 Å². The lowest BCUT2D eigenvalue weighted by molar-refractivity contribution is -0.138. The van der Waals surface area contributed by atoms with Crippen LogP contribution >= 0.6 is 0 Å². The molecule has 1 aliphatic rings. The summed E-state index contributed by atoms with van der Waals surface area (Å²) in [7, 11) is 1.99. The SMILES string of the molecule is Cc1ccc(C(=O)Nc2ccc(CN3CCN(C)CC3)c(C(F)(F)F)c2)cc1C#Cc1cnc(N=C(N)N)c2ccccc12. The molecule has 1 amide bonds. The Morgan fingerprint density at radius 1 is 0.977 bits per heavy atom. The van der Waals surface area contributed by atoms with Crippen LogP contribution in [-0.4, -0.2) is 59.9 Å². The third kappa shape index (κ3) is 7.16. The van der Waals surface area contributed by atoms with Gasteiger partial charge in [0.1, 0.15) is 0 Å². The Morgan fingerprint density at radius 2 is 1.68 bits per heavy atom. The quantitative estimate of drug-likeness (QED) is 0.172. The van der Waals surface area contributed by atoms with Gasteiger partial charge in [0.25, 0.3) is 5.91 Å². The van der Waals surface area contributed by atoms with Gasteiger partial charge in [0.05, 0.1) is 11.1 Å². The monoisotopic (exact) mass is 599 g/mol. The van der Waals surface area contributed by atoms with Crippen molar-refractivity contribution in [3.8, 4) is 11.8 Å². The number of aromatic nitrogens is 1. The fourth-order valence-electron chi connectivity index (χ4n) is 5.03. The van der Waals surface area contributed by atoms with Gasteiger partial charge < -0.3 is 21.7 Å². The molecule has 0 radical (unpaired) electrons. The zero-order valence-electron chi connectivity index (χ0n) is 24.4. The highest BCUT2D eigenvalue weighted by Gasteiger charge is 2.34. The zero-order chi connectivity index (χ0) is 31.4. The summed E-state index contributed by atoms with van der Waals surface area (Å²) in [5.74, 6) is 5.96. The van der Waals surface area contributed by atoms with Crippen molar-refractivity contribution in [3.05, 3.63) is 100 Å². The number of fused-ring (bicyclic) bond motifs is 1. The molecule has 5 N–H and O–H groups in total. The number of aryl methyl sites for hydroxylation is 1. The first-order valence-corrected chi connectivity index (χ1v) is 14.0. The predicted octanol–water partition coefficient (Wildman–Crippen LogP) is 4.87. The maximum absolute atomic E-state index is 14.0. The van der Waals surface area contributed by atoms with Gasteiger partial charge in [-0.3, -0.25) is 9.69 Å². The van der Waals surface area contributed by atoms with Crippen molar-refractivity contribution < 1.29 is 18.0 Å². The van der Waals surface area contributed by atoms with E-state index in [1.54, 1.807) is 24.4 Å². The fourth-order valence-corrected chi connectivity index (χ4v) is 5.03. The summed E-state index contributed by atoms with van der Waals surface area (Å²) in [4.78, 5) is 25.7. The predicted molar refractivity (Wildman–Crippen MR) is 167 cm³/mol. The van der Waals surface area contributed by atoms with Gasteiger partial charge in [-0.1, -0.05) is 48.2 Å². The molecule has 8 nitrogen and oxygen atoms in total. The molecule has 0 bridgehead atoms. The molecule has 1 aliphatic heterocycles. The molecule has 0 atom stereocenters. The number of likely N-dealkylation sites (N-methyl/N-ethyl adjacent to an activating group) is 1. The van der Waals surface area contributed by atoms with Crippen molar-refractivity contribution in [2.24, 2.45) is 16.5 Å². The smallest absolute Gasteiger partial charge is 0.370 e. The Labute approximate surface area is 253 Å². The molecule has 2 heterocycles. The van der Waals surface area contributed by atoms with E-state index in [1.165, 1.54) is 12.1 Å². The number of amides is 1. The number of benzene rings is 3. The Kier molecular flexibility index (Phi) is 8.85. The summed E-state index contributed by atoms with van der Waals surface area (Å²) >= 11 is 0. The number of nitrogens with zero attached hydrogens (tertiary/aromatic N) is 4. The number of nitrogens with one attached hydrogen (secondary N) is 1. The van der Waals surface area contributed by atoms with E-state index in [0.717, 1.165) is 35.5 Å². The molecule has 1 saturated heterocycles. The minimum Gasteiger partial charge on any atom is -0.370 e.